The van der Waals surface area contributed by atoms with Gasteiger partial charge in [-0.25, -0.2) is 0 Å². The van der Waals surface area contributed by atoms with Gasteiger partial charge in [-0.15, -0.1) is 0 Å². The third-order valence-electron chi connectivity index (χ3n) is 4.19. The maximum absolute atomic E-state index is 12.2. The van der Waals surface area contributed by atoms with E-state index in [0.717, 1.165) is 42.1 Å². The molecule has 0 radical (unpaired) electrons. The van der Waals surface area contributed by atoms with Crippen LogP contribution in [0.15, 0.2) is 73.1 Å². The van der Waals surface area contributed by atoms with Crippen molar-refractivity contribution in [2.75, 3.05) is 11.9 Å². The minimum Gasteiger partial charge on any atom is -0.457 e. The zero-order valence-electron chi connectivity index (χ0n) is 16.0. The fourth-order valence-corrected chi connectivity index (χ4v) is 2.71. The first-order valence-corrected chi connectivity index (χ1v) is 9.58. The van der Waals surface area contributed by atoms with Gasteiger partial charge >= 0.3 is 0 Å². The number of hydrogen-bond donors (Lipinski definition) is 2. The molecule has 0 saturated heterocycles. The predicted molar refractivity (Wildman–Crippen MR) is 112 cm³/mol. The predicted octanol–water partition coefficient (Wildman–Crippen LogP) is 5.54. The Labute approximate surface area is 165 Å². The number of carbonyl (C=O) groups excluding carboxylic acids is 1. The lowest BCUT2D eigenvalue weighted by Crippen LogP contribution is -2.24. The van der Waals surface area contributed by atoms with Gasteiger partial charge in [0.2, 0.25) is 0 Å². The lowest BCUT2D eigenvalue weighted by atomic mass is 10.2. The van der Waals surface area contributed by atoms with Crippen molar-refractivity contribution in [3.63, 3.8) is 0 Å². The minimum absolute atomic E-state index is 0.0983. The van der Waals surface area contributed by atoms with Gasteiger partial charge in [0.05, 0.1) is 17.4 Å². The van der Waals surface area contributed by atoms with Crippen LogP contribution >= 0.6 is 0 Å². The molecule has 0 aliphatic carbocycles. The molecule has 28 heavy (non-hydrogen) atoms. The van der Waals surface area contributed by atoms with Crippen molar-refractivity contribution in [2.24, 2.45) is 0 Å². The second-order valence-corrected chi connectivity index (χ2v) is 6.49. The van der Waals surface area contributed by atoms with Gasteiger partial charge < -0.3 is 15.4 Å². The van der Waals surface area contributed by atoms with Crippen LogP contribution in [-0.2, 0) is 0 Å². The van der Waals surface area contributed by atoms with Crippen LogP contribution in [0.5, 0.6) is 11.5 Å². The van der Waals surface area contributed by atoms with Crippen LogP contribution in [0.2, 0.25) is 0 Å². The van der Waals surface area contributed by atoms with Crippen molar-refractivity contribution in [1.29, 1.82) is 0 Å². The van der Waals surface area contributed by atoms with Gasteiger partial charge in [-0.1, -0.05) is 38.0 Å². The Morgan fingerprint density at radius 1 is 0.929 bits per heavy atom. The molecule has 1 amide bonds. The van der Waals surface area contributed by atoms with Crippen LogP contribution in [0.4, 0.5) is 11.4 Å². The molecule has 144 valence electrons. The fourth-order valence-electron chi connectivity index (χ4n) is 2.71. The van der Waals surface area contributed by atoms with Gasteiger partial charge in [-0.2, -0.15) is 0 Å². The summed E-state index contributed by atoms with van der Waals surface area (Å²) in [6, 6.07) is 19.1. The second kappa shape index (κ2) is 10.1. The Morgan fingerprint density at radius 2 is 1.68 bits per heavy atom. The molecular weight excluding hydrogens is 350 g/mol. The standard InChI is InChI=1S/C23H25N3O2/c1-2-3-7-14-25-23(27)18-15-20(17-24-16-18)26-19-10-12-22(13-11-19)28-21-8-5-4-6-9-21/h4-6,8-13,15-17,26H,2-3,7,14H2,1H3,(H,25,27). The number of benzene rings is 2. The lowest BCUT2D eigenvalue weighted by molar-refractivity contribution is 0.0952. The van der Waals surface area contributed by atoms with E-state index in [0.29, 0.717) is 12.1 Å². The zero-order valence-corrected chi connectivity index (χ0v) is 16.0. The van der Waals surface area contributed by atoms with Crippen molar-refractivity contribution >= 4 is 17.3 Å². The molecule has 0 bridgehead atoms. The molecule has 5 heteroatoms. The number of nitrogens with one attached hydrogen (secondary N) is 2. The molecular formula is C23H25N3O2. The number of aromatic nitrogens is 1. The normalized spacial score (nSPS) is 10.3. The summed E-state index contributed by atoms with van der Waals surface area (Å²) in [5.41, 5.74) is 2.20. The molecule has 3 rings (SSSR count). The summed E-state index contributed by atoms with van der Waals surface area (Å²) >= 11 is 0. The Hall–Kier alpha value is -3.34. The zero-order chi connectivity index (χ0) is 19.6. The summed E-state index contributed by atoms with van der Waals surface area (Å²) in [4.78, 5) is 16.4. The number of carbonyl (C=O) groups is 1. The first kappa shape index (κ1) is 19.4. The molecule has 0 spiro atoms. The quantitative estimate of drug-likeness (QED) is 0.482. The first-order chi connectivity index (χ1) is 13.7. The number of ether oxygens (including phenoxy) is 1. The maximum Gasteiger partial charge on any atom is 0.252 e. The van der Waals surface area contributed by atoms with E-state index in [4.69, 9.17) is 4.74 Å². The van der Waals surface area contributed by atoms with E-state index < -0.39 is 0 Å². The van der Waals surface area contributed by atoms with E-state index in [2.05, 4.69) is 22.5 Å². The monoisotopic (exact) mass is 375 g/mol. The summed E-state index contributed by atoms with van der Waals surface area (Å²) in [6.07, 6.45) is 6.51. The van der Waals surface area contributed by atoms with E-state index in [-0.39, 0.29) is 5.91 Å². The number of unbranched alkanes of at least 4 members (excludes halogenated alkanes) is 2. The molecule has 1 heterocycles. The SMILES string of the molecule is CCCCCNC(=O)c1cncc(Nc2ccc(Oc3ccccc3)cc2)c1. The average molecular weight is 375 g/mol. The molecule has 0 aliphatic heterocycles. The van der Waals surface area contributed by atoms with Crippen LogP contribution in [0.3, 0.4) is 0 Å². The maximum atomic E-state index is 12.2. The van der Waals surface area contributed by atoms with Crippen LogP contribution in [0.25, 0.3) is 0 Å². The van der Waals surface area contributed by atoms with E-state index in [9.17, 15) is 4.79 Å². The molecule has 0 aliphatic rings. The number of para-hydroxylation sites is 1. The van der Waals surface area contributed by atoms with Crippen LogP contribution in [0.1, 0.15) is 36.5 Å². The van der Waals surface area contributed by atoms with Crippen LogP contribution in [-0.4, -0.2) is 17.4 Å². The van der Waals surface area contributed by atoms with E-state index in [1.165, 1.54) is 0 Å². The molecule has 2 aromatic carbocycles. The first-order valence-electron chi connectivity index (χ1n) is 9.58. The van der Waals surface area contributed by atoms with Crippen molar-refractivity contribution in [1.82, 2.24) is 10.3 Å². The molecule has 0 unspecified atom stereocenters. The van der Waals surface area contributed by atoms with Gasteiger partial charge in [-0.05, 0) is 48.9 Å². The van der Waals surface area contributed by atoms with Gasteiger partial charge in [0.25, 0.3) is 5.91 Å². The largest absolute Gasteiger partial charge is 0.457 e. The van der Waals surface area contributed by atoms with Gasteiger partial charge in [0.15, 0.2) is 0 Å². The molecule has 2 N–H and O–H groups in total. The number of nitrogens with zero attached hydrogens (tertiary/aromatic N) is 1. The molecule has 5 nitrogen and oxygen atoms in total. The fraction of sp³-hybridized carbons (Fsp3) is 0.217. The van der Waals surface area contributed by atoms with Crippen LogP contribution in [0, 0.1) is 0 Å². The Morgan fingerprint density at radius 3 is 2.43 bits per heavy atom. The molecule has 0 fully saturated rings. The van der Waals surface area contributed by atoms with Crippen molar-refractivity contribution in [3.05, 3.63) is 78.6 Å². The Kier molecular flexibility index (Phi) is 7.01. The molecule has 0 saturated carbocycles. The third-order valence-corrected chi connectivity index (χ3v) is 4.19. The number of hydrogen-bond acceptors (Lipinski definition) is 4. The number of amides is 1. The average Bonchev–Trinajstić information content (AvgIpc) is 2.73. The highest BCUT2D eigenvalue weighted by Gasteiger charge is 2.07. The summed E-state index contributed by atoms with van der Waals surface area (Å²) < 4.78 is 5.80. The van der Waals surface area contributed by atoms with Gasteiger partial charge in [0, 0.05) is 18.4 Å². The lowest BCUT2D eigenvalue weighted by Gasteiger charge is -2.10. The van der Waals surface area contributed by atoms with Gasteiger partial charge in [-0.3, -0.25) is 9.78 Å². The second-order valence-electron chi connectivity index (χ2n) is 6.49. The number of rotatable bonds is 9. The Bertz CT molecular complexity index is 880. The third kappa shape index (κ3) is 5.84. The topological polar surface area (TPSA) is 63.2 Å². The summed E-state index contributed by atoms with van der Waals surface area (Å²) in [6.45, 7) is 2.83. The highest BCUT2D eigenvalue weighted by molar-refractivity contribution is 5.94. The van der Waals surface area contributed by atoms with Crippen molar-refractivity contribution in [2.45, 2.75) is 26.2 Å². The smallest absolute Gasteiger partial charge is 0.252 e. The minimum atomic E-state index is -0.0983. The number of pyridine rings is 1. The molecule has 1 aromatic heterocycles. The highest BCUT2D eigenvalue weighted by atomic mass is 16.5. The van der Waals surface area contributed by atoms with E-state index in [1.807, 2.05) is 54.6 Å². The van der Waals surface area contributed by atoms with Crippen molar-refractivity contribution in [3.8, 4) is 11.5 Å². The highest BCUT2D eigenvalue weighted by Crippen LogP contribution is 2.24. The number of anilines is 2. The Balaban J connectivity index is 1.58. The van der Waals surface area contributed by atoms with E-state index in [1.54, 1.807) is 18.5 Å². The molecule has 0 atom stereocenters. The summed E-state index contributed by atoms with van der Waals surface area (Å²) in [7, 11) is 0. The molecule has 3 aromatic rings. The van der Waals surface area contributed by atoms with E-state index >= 15 is 0 Å². The summed E-state index contributed by atoms with van der Waals surface area (Å²) in [5.74, 6) is 1.46. The summed E-state index contributed by atoms with van der Waals surface area (Å²) in [5, 5.41) is 6.20. The van der Waals surface area contributed by atoms with Crippen LogP contribution < -0.4 is 15.4 Å². The van der Waals surface area contributed by atoms with Gasteiger partial charge in [0.1, 0.15) is 11.5 Å². The van der Waals surface area contributed by atoms with Crippen molar-refractivity contribution < 1.29 is 9.53 Å².